The summed E-state index contributed by atoms with van der Waals surface area (Å²) in [5.41, 5.74) is 0.585. The lowest BCUT2D eigenvalue weighted by Crippen LogP contribution is -2.48. The van der Waals surface area contributed by atoms with Gasteiger partial charge >= 0.3 is 5.97 Å². The molecular weight excluding hydrogens is 647 g/mol. The molecule has 0 aliphatic carbocycles. The Labute approximate surface area is 292 Å². The van der Waals surface area contributed by atoms with Crippen LogP contribution in [-0.2, 0) is 29.8 Å². The van der Waals surface area contributed by atoms with Crippen molar-refractivity contribution in [3.63, 3.8) is 0 Å². The summed E-state index contributed by atoms with van der Waals surface area (Å²) in [5.74, 6) is -1.54. The molecule has 47 heavy (non-hydrogen) atoms. The van der Waals surface area contributed by atoms with Crippen LogP contribution in [0.5, 0.6) is 0 Å². The van der Waals surface area contributed by atoms with E-state index < -0.39 is 37.5 Å². The molecule has 0 rings (SSSR count). The normalized spacial score (nSPS) is 13.5. The van der Waals surface area contributed by atoms with Crippen LogP contribution >= 0.6 is 0 Å². The van der Waals surface area contributed by atoms with Gasteiger partial charge in [-0.05, 0) is 26.7 Å². The van der Waals surface area contributed by atoms with Crippen molar-refractivity contribution in [2.45, 2.75) is 104 Å². The molecule has 0 aromatic heterocycles. The van der Waals surface area contributed by atoms with E-state index in [2.05, 4.69) is 32.7 Å². The molecule has 290 valence electrons. The van der Waals surface area contributed by atoms with E-state index in [1.807, 2.05) is 49.0 Å². The molecule has 12 nitrogen and oxygen atoms in total. The van der Waals surface area contributed by atoms with Crippen LogP contribution in [0.3, 0.4) is 0 Å². The van der Waals surface area contributed by atoms with E-state index in [9.17, 15) is 35.8 Å². The molecule has 0 aliphatic heterocycles. The lowest BCUT2D eigenvalue weighted by atomic mass is 9.87. The number of carbonyl (C=O) groups excluding carboxylic acids is 1. The zero-order valence-electron chi connectivity index (χ0n) is 28.6. The maximum atomic E-state index is 11.8. The quantitative estimate of drug-likeness (QED) is 0.0778. The second kappa shape index (κ2) is 24.0. The van der Waals surface area contributed by atoms with Crippen molar-refractivity contribution in [2.75, 3.05) is 79.0 Å². The highest BCUT2D eigenvalue weighted by Crippen LogP contribution is 2.26. The van der Waals surface area contributed by atoms with Crippen molar-refractivity contribution < 1.29 is 49.5 Å². The molecule has 0 heterocycles. The molecule has 2 atom stereocenters. The van der Waals surface area contributed by atoms with Gasteiger partial charge in [0.2, 0.25) is 0 Å². The first-order chi connectivity index (χ1) is 19.1. The van der Waals surface area contributed by atoms with Crippen LogP contribution in [0, 0.1) is 16.7 Å². The summed E-state index contributed by atoms with van der Waals surface area (Å²) < 4.78 is 70.4. The van der Waals surface area contributed by atoms with Crippen molar-refractivity contribution >= 4 is 26.2 Å². The monoisotopic (exact) mass is 724 g/mol. The summed E-state index contributed by atoms with van der Waals surface area (Å²) >= 11 is 0. The molecule has 0 aromatic rings. The number of likely N-dealkylation sites (N-methyl/N-ethyl adjacent to an activating group) is 2. The average Bonchev–Trinajstić information content (AvgIpc) is 2.78. The first-order valence-corrected chi connectivity index (χ1v) is 18.0. The topological polar surface area (TPSA) is 173 Å². The van der Waals surface area contributed by atoms with Crippen molar-refractivity contribution in [2.24, 2.45) is 16.7 Å². The van der Waals surface area contributed by atoms with Gasteiger partial charge in [-0.1, -0.05) is 70.9 Å². The Kier molecular flexibility index (Phi) is 29.5. The van der Waals surface area contributed by atoms with Gasteiger partial charge in [0.1, 0.15) is 25.8 Å². The fraction of sp³-hybridized carbons (Fsp3) is 0.909. The van der Waals surface area contributed by atoms with Gasteiger partial charge in [-0.2, -0.15) is 0 Å². The Bertz CT molecular complexity index is 1070. The standard InChI is InChI=1S/C15H32N2O4S.C14H29NO5S.4CH4/c1-7-15(3,4)13(2)16-9-8-10-17(5,6)11-14(18)12-22(19,20)21;1-7-14(3,4)13(16)20-9-8-15(5,6)10-12(2)11-21(17,18)19;;;;/h14,16,18H,2,7-12H2,1,3-6H3;12H,7-11H2,1-6H3;4*1H4. The number of nitrogens with one attached hydrogen (secondary N) is 1. The van der Waals surface area contributed by atoms with Gasteiger partial charge in [0.15, 0.2) is 0 Å². The number of esters is 1. The number of nitrogens with zero attached hydrogens (tertiary/aromatic N) is 2. The van der Waals surface area contributed by atoms with Crippen molar-refractivity contribution in [1.29, 1.82) is 0 Å². The summed E-state index contributed by atoms with van der Waals surface area (Å²) in [5, 5.41) is 13.0. The smallest absolute Gasteiger partial charge is 0.311 e. The molecule has 2 unspecified atom stereocenters. The van der Waals surface area contributed by atoms with Crippen LogP contribution in [0.15, 0.2) is 12.3 Å². The van der Waals surface area contributed by atoms with Gasteiger partial charge in [0.25, 0.3) is 0 Å². The van der Waals surface area contributed by atoms with E-state index >= 15 is 0 Å². The first-order valence-electron chi connectivity index (χ1n) is 14.9. The Balaban J connectivity index is -0.000000165. The van der Waals surface area contributed by atoms with Crippen LogP contribution in [0.4, 0.5) is 0 Å². The minimum atomic E-state index is -4.39. The molecule has 0 bridgehead atoms. The SMILES string of the molecule is C.C.C.C.C=C(NCCC[N+](C)(C)CC(O)CS(=O)(=O)[O-])C(C)(C)CC.CCC(C)(C)C(=O)OCC[N+](C)(C)CC(C)CS(=O)(=O)[O-]. The third-order valence-electron chi connectivity index (χ3n) is 7.74. The van der Waals surface area contributed by atoms with Gasteiger partial charge in [0.05, 0.1) is 72.7 Å². The van der Waals surface area contributed by atoms with E-state index in [-0.39, 0.29) is 65.9 Å². The van der Waals surface area contributed by atoms with Crippen molar-refractivity contribution in [1.82, 2.24) is 5.32 Å². The summed E-state index contributed by atoms with van der Waals surface area (Å²) in [7, 11) is -0.920. The molecule has 14 heteroatoms. The zero-order valence-corrected chi connectivity index (χ0v) is 30.2. The Hall–Kier alpha value is -1.29. The van der Waals surface area contributed by atoms with Gasteiger partial charge in [-0.3, -0.25) is 4.79 Å². The fourth-order valence-corrected chi connectivity index (χ4v) is 5.59. The van der Waals surface area contributed by atoms with Gasteiger partial charge in [-0.25, -0.2) is 16.8 Å². The van der Waals surface area contributed by atoms with E-state index in [1.54, 1.807) is 6.92 Å². The molecule has 0 saturated heterocycles. The molecular formula is C33H77N3O9S2. The molecule has 0 radical (unpaired) electrons. The van der Waals surface area contributed by atoms with Crippen LogP contribution in [0.2, 0.25) is 0 Å². The molecule has 0 aromatic carbocycles. The van der Waals surface area contributed by atoms with Crippen LogP contribution in [0.25, 0.3) is 0 Å². The van der Waals surface area contributed by atoms with E-state index in [0.29, 0.717) is 28.5 Å². The highest BCUT2D eigenvalue weighted by atomic mass is 32.2. The number of hydrogen-bond donors (Lipinski definition) is 2. The fourth-order valence-electron chi connectivity index (χ4n) is 4.21. The number of aliphatic hydroxyl groups is 1. The molecule has 0 saturated carbocycles. The molecule has 0 fully saturated rings. The summed E-state index contributed by atoms with van der Waals surface area (Å²) in [6.07, 6.45) is 1.46. The molecule has 0 aliphatic rings. The highest BCUT2D eigenvalue weighted by molar-refractivity contribution is 7.85. The third-order valence-corrected chi connectivity index (χ3v) is 9.51. The van der Waals surface area contributed by atoms with Gasteiger partial charge in [0, 0.05) is 35.7 Å². The van der Waals surface area contributed by atoms with Crippen LogP contribution in [0.1, 0.15) is 97.4 Å². The van der Waals surface area contributed by atoms with Crippen LogP contribution in [-0.4, -0.2) is 131 Å². The minimum absolute atomic E-state index is 0. The zero-order chi connectivity index (χ0) is 34.5. The van der Waals surface area contributed by atoms with E-state index in [4.69, 9.17) is 4.74 Å². The van der Waals surface area contributed by atoms with Crippen molar-refractivity contribution in [3.8, 4) is 0 Å². The molecule has 0 amide bonds. The lowest BCUT2D eigenvalue weighted by Gasteiger charge is -2.33. The molecule has 2 N–H and O–H groups in total. The Morgan fingerprint density at radius 1 is 0.830 bits per heavy atom. The number of aliphatic hydroxyl groups excluding tert-OH is 1. The van der Waals surface area contributed by atoms with Crippen LogP contribution < -0.4 is 5.32 Å². The average molecular weight is 724 g/mol. The number of carbonyl (C=O) groups is 1. The first kappa shape index (κ1) is 57.9. The van der Waals surface area contributed by atoms with Gasteiger partial charge < -0.3 is 33.2 Å². The summed E-state index contributed by atoms with van der Waals surface area (Å²) in [6, 6.07) is 0. The van der Waals surface area contributed by atoms with Crippen molar-refractivity contribution in [3.05, 3.63) is 12.3 Å². The Morgan fingerprint density at radius 3 is 1.66 bits per heavy atom. The number of rotatable bonds is 20. The maximum absolute atomic E-state index is 11.8. The van der Waals surface area contributed by atoms with E-state index in [1.165, 1.54) is 0 Å². The number of hydrogen-bond acceptors (Lipinski definition) is 10. The van der Waals surface area contributed by atoms with Gasteiger partial charge in [-0.15, -0.1) is 0 Å². The summed E-state index contributed by atoms with van der Waals surface area (Å²) in [6.45, 7) is 21.0. The third kappa shape index (κ3) is 30.5. The number of allylic oxidation sites excluding steroid dienone is 1. The minimum Gasteiger partial charge on any atom is -0.748 e. The van der Waals surface area contributed by atoms with E-state index in [0.717, 1.165) is 31.6 Å². The number of quaternary nitrogens is 2. The predicted molar refractivity (Wildman–Crippen MR) is 196 cm³/mol. The maximum Gasteiger partial charge on any atom is 0.311 e. The summed E-state index contributed by atoms with van der Waals surface area (Å²) in [4.78, 5) is 11.8. The number of ether oxygens (including phenoxy) is 1. The largest absolute Gasteiger partial charge is 0.748 e. The second-order valence-electron chi connectivity index (χ2n) is 14.3. The second-order valence-corrected chi connectivity index (χ2v) is 17.2. The molecule has 0 spiro atoms. The highest BCUT2D eigenvalue weighted by Gasteiger charge is 2.28. The Morgan fingerprint density at radius 2 is 1.26 bits per heavy atom. The predicted octanol–water partition coefficient (Wildman–Crippen LogP) is 4.67. The lowest BCUT2D eigenvalue weighted by molar-refractivity contribution is -0.893.